The van der Waals surface area contributed by atoms with Crippen LogP contribution in [-0.4, -0.2) is 16.3 Å². The van der Waals surface area contributed by atoms with Gasteiger partial charge in [-0.1, -0.05) is 6.07 Å². The molecule has 0 aromatic carbocycles. The van der Waals surface area contributed by atoms with E-state index in [4.69, 9.17) is 5.11 Å². The van der Waals surface area contributed by atoms with Crippen molar-refractivity contribution in [1.82, 2.24) is 10.3 Å². The topological polar surface area (TPSA) is 45.1 Å². The fourth-order valence-corrected chi connectivity index (χ4v) is 0.755. The minimum Gasteiger partial charge on any atom is -0.379 e. The van der Waals surface area contributed by atoms with E-state index in [1.165, 1.54) is 0 Å². The summed E-state index contributed by atoms with van der Waals surface area (Å²) in [5, 5.41) is 11.7. The van der Waals surface area contributed by atoms with Gasteiger partial charge in [0.05, 0.1) is 5.69 Å². The molecular weight excluding hydrogens is 140 g/mol. The van der Waals surface area contributed by atoms with Crippen molar-refractivity contribution >= 4 is 0 Å². The third-order valence-corrected chi connectivity index (χ3v) is 1.30. The van der Waals surface area contributed by atoms with Crippen molar-refractivity contribution in [2.75, 3.05) is 0 Å². The van der Waals surface area contributed by atoms with Crippen molar-refractivity contribution in [3.63, 3.8) is 0 Å². The molecule has 1 rings (SSSR count). The molecule has 0 spiro atoms. The molecule has 3 heteroatoms. The summed E-state index contributed by atoms with van der Waals surface area (Å²) in [7, 11) is 0. The Morgan fingerprint density at radius 2 is 2.45 bits per heavy atom. The molecule has 0 aliphatic heterocycles. The Bertz CT molecular complexity index is 199. The van der Waals surface area contributed by atoms with Gasteiger partial charge in [0, 0.05) is 12.7 Å². The van der Waals surface area contributed by atoms with Gasteiger partial charge in [-0.3, -0.25) is 10.3 Å². The molecule has 60 valence electrons. The van der Waals surface area contributed by atoms with Crippen LogP contribution in [0.3, 0.4) is 0 Å². The van der Waals surface area contributed by atoms with Crippen LogP contribution in [0.4, 0.5) is 0 Å². The molecule has 1 heterocycles. The highest BCUT2D eigenvalue weighted by Gasteiger charge is 1.94. The summed E-state index contributed by atoms with van der Waals surface area (Å²) in [4.78, 5) is 4.08. The van der Waals surface area contributed by atoms with Crippen molar-refractivity contribution in [3.8, 4) is 0 Å². The highest BCUT2D eigenvalue weighted by atomic mass is 16.3. The predicted octanol–water partition coefficient (Wildman–Crippen LogP) is 0.509. The summed E-state index contributed by atoms with van der Waals surface area (Å²) < 4.78 is 0. The third kappa shape index (κ3) is 3.11. The minimum atomic E-state index is -0.475. The van der Waals surface area contributed by atoms with Crippen LogP contribution in [0.2, 0.25) is 0 Å². The van der Waals surface area contributed by atoms with E-state index in [2.05, 4.69) is 10.3 Å². The van der Waals surface area contributed by atoms with E-state index in [-0.39, 0.29) is 0 Å². The van der Waals surface area contributed by atoms with E-state index >= 15 is 0 Å². The quantitative estimate of drug-likeness (QED) is 0.620. The second kappa shape index (κ2) is 4.05. The molecule has 2 N–H and O–H groups in total. The van der Waals surface area contributed by atoms with Gasteiger partial charge in [-0.15, -0.1) is 0 Å². The fraction of sp³-hybridized carbons (Fsp3) is 0.375. The van der Waals surface area contributed by atoms with Gasteiger partial charge in [-0.25, -0.2) is 0 Å². The second-order valence-corrected chi connectivity index (χ2v) is 2.38. The number of hydrogen-bond acceptors (Lipinski definition) is 3. The van der Waals surface area contributed by atoms with E-state index in [1.807, 2.05) is 18.2 Å². The van der Waals surface area contributed by atoms with Crippen LogP contribution in [0.5, 0.6) is 0 Å². The molecular formula is C8H12N2O. The van der Waals surface area contributed by atoms with Crippen LogP contribution in [0, 0.1) is 0 Å². The standard InChI is InChI=1S/C8H12N2O/c1-7(11)10-6-8-4-2-3-5-9-8/h2-5,7,10-11H,6H2,1H3. The summed E-state index contributed by atoms with van der Waals surface area (Å²) >= 11 is 0. The first-order chi connectivity index (χ1) is 5.29. The third-order valence-electron chi connectivity index (χ3n) is 1.30. The number of rotatable bonds is 3. The van der Waals surface area contributed by atoms with E-state index in [0.29, 0.717) is 6.54 Å². The van der Waals surface area contributed by atoms with Crippen LogP contribution < -0.4 is 5.32 Å². The van der Waals surface area contributed by atoms with Crippen molar-refractivity contribution in [2.24, 2.45) is 0 Å². The summed E-state index contributed by atoms with van der Waals surface area (Å²) in [5.41, 5.74) is 0.938. The highest BCUT2D eigenvalue weighted by Crippen LogP contribution is 1.91. The maximum atomic E-state index is 8.87. The zero-order valence-electron chi connectivity index (χ0n) is 6.49. The first kappa shape index (κ1) is 8.17. The SMILES string of the molecule is CC(O)NCc1ccccn1. The highest BCUT2D eigenvalue weighted by molar-refractivity contribution is 5.02. The van der Waals surface area contributed by atoms with Crippen molar-refractivity contribution in [3.05, 3.63) is 30.1 Å². The number of aromatic nitrogens is 1. The number of aliphatic hydroxyl groups is 1. The number of nitrogens with zero attached hydrogens (tertiary/aromatic N) is 1. The molecule has 0 fully saturated rings. The molecule has 1 aromatic rings. The molecule has 3 nitrogen and oxygen atoms in total. The van der Waals surface area contributed by atoms with Gasteiger partial charge in [0.25, 0.3) is 0 Å². The van der Waals surface area contributed by atoms with Gasteiger partial charge in [-0.05, 0) is 19.1 Å². The number of nitrogens with one attached hydrogen (secondary N) is 1. The Morgan fingerprint density at radius 1 is 1.64 bits per heavy atom. The normalized spacial score (nSPS) is 12.9. The number of pyridine rings is 1. The summed E-state index contributed by atoms with van der Waals surface area (Å²) in [6.07, 6.45) is 1.26. The maximum absolute atomic E-state index is 8.87. The van der Waals surface area contributed by atoms with Crippen LogP contribution in [0.15, 0.2) is 24.4 Å². The van der Waals surface area contributed by atoms with Gasteiger partial charge >= 0.3 is 0 Å². The van der Waals surface area contributed by atoms with Gasteiger partial charge in [0.2, 0.25) is 0 Å². The Kier molecular flexibility index (Phi) is 3.01. The molecule has 1 unspecified atom stereocenters. The van der Waals surface area contributed by atoms with Gasteiger partial charge in [0.15, 0.2) is 0 Å². The van der Waals surface area contributed by atoms with E-state index in [9.17, 15) is 0 Å². The summed E-state index contributed by atoms with van der Waals surface area (Å²) in [6.45, 7) is 2.29. The smallest absolute Gasteiger partial charge is 0.102 e. The largest absolute Gasteiger partial charge is 0.379 e. The van der Waals surface area contributed by atoms with Gasteiger partial charge < -0.3 is 5.11 Å². The predicted molar refractivity (Wildman–Crippen MR) is 42.8 cm³/mol. The van der Waals surface area contributed by atoms with Crippen LogP contribution in [-0.2, 0) is 6.54 Å². The Morgan fingerprint density at radius 3 is 3.00 bits per heavy atom. The minimum absolute atomic E-state index is 0.475. The van der Waals surface area contributed by atoms with E-state index < -0.39 is 6.23 Å². The monoisotopic (exact) mass is 152 g/mol. The van der Waals surface area contributed by atoms with Crippen LogP contribution in [0.1, 0.15) is 12.6 Å². The average molecular weight is 152 g/mol. The summed E-state index contributed by atoms with van der Waals surface area (Å²) in [6, 6.07) is 5.70. The first-order valence-corrected chi connectivity index (χ1v) is 3.60. The molecule has 1 atom stereocenters. The van der Waals surface area contributed by atoms with Crippen LogP contribution in [0.25, 0.3) is 0 Å². The lowest BCUT2D eigenvalue weighted by molar-refractivity contribution is 0.154. The fourth-order valence-electron chi connectivity index (χ4n) is 0.755. The Labute approximate surface area is 66.1 Å². The summed E-state index contributed by atoms with van der Waals surface area (Å²) in [5.74, 6) is 0. The molecule has 1 aromatic heterocycles. The molecule has 11 heavy (non-hydrogen) atoms. The molecule has 0 amide bonds. The lowest BCUT2D eigenvalue weighted by Gasteiger charge is -2.05. The maximum Gasteiger partial charge on any atom is 0.102 e. The van der Waals surface area contributed by atoms with Crippen molar-refractivity contribution in [2.45, 2.75) is 19.7 Å². The van der Waals surface area contributed by atoms with Crippen LogP contribution >= 0.6 is 0 Å². The van der Waals surface area contributed by atoms with Gasteiger partial charge in [0.1, 0.15) is 6.23 Å². The molecule has 0 aliphatic rings. The zero-order valence-corrected chi connectivity index (χ0v) is 6.49. The molecule has 0 radical (unpaired) electrons. The number of hydrogen-bond donors (Lipinski definition) is 2. The first-order valence-electron chi connectivity index (χ1n) is 3.60. The zero-order chi connectivity index (χ0) is 8.10. The molecule has 0 saturated carbocycles. The van der Waals surface area contributed by atoms with Gasteiger partial charge in [-0.2, -0.15) is 0 Å². The van der Waals surface area contributed by atoms with E-state index in [1.54, 1.807) is 13.1 Å². The molecule has 0 bridgehead atoms. The number of aliphatic hydroxyl groups excluding tert-OH is 1. The second-order valence-electron chi connectivity index (χ2n) is 2.38. The molecule has 0 saturated heterocycles. The molecule has 0 aliphatic carbocycles. The Hall–Kier alpha value is -0.930. The average Bonchev–Trinajstić information content (AvgIpc) is 2.03. The Balaban J connectivity index is 2.39. The van der Waals surface area contributed by atoms with Crippen molar-refractivity contribution in [1.29, 1.82) is 0 Å². The van der Waals surface area contributed by atoms with Crippen molar-refractivity contribution < 1.29 is 5.11 Å². The van der Waals surface area contributed by atoms with E-state index in [0.717, 1.165) is 5.69 Å². The lowest BCUT2D eigenvalue weighted by Crippen LogP contribution is -2.24. The lowest BCUT2D eigenvalue weighted by atomic mass is 10.3.